The van der Waals surface area contributed by atoms with Crippen LogP contribution in [0, 0.1) is 11.3 Å². The Morgan fingerprint density at radius 3 is 2.48 bits per heavy atom. The van der Waals surface area contributed by atoms with Crippen molar-refractivity contribution in [1.29, 1.82) is 5.26 Å². The summed E-state index contributed by atoms with van der Waals surface area (Å²) < 4.78 is 1.91. The van der Waals surface area contributed by atoms with Gasteiger partial charge in [-0.3, -0.25) is 9.59 Å². The van der Waals surface area contributed by atoms with E-state index in [9.17, 15) is 9.59 Å². The molecular weight excluding hydrogens is 422 g/mol. The van der Waals surface area contributed by atoms with Crippen molar-refractivity contribution in [2.24, 2.45) is 5.73 Å². The first-order valence-corrected chi connectivity index (χ1v) is 10.9. The molecule has 0 radical (unpaired) electrons. The molecule has 4 heterocycles. The van der Waals surface area contributed by atoms with Crippen LogP contribution in [-0.2, 0) is 11.3 Å². The minimum Gasteiger partial charge on any atom is -0.364 e. The van der Waals surface area contributed by atoms with Gasteiger partial charge in [0.05, 0.1) is 24.3 Å². The fraction of sp³-hybridized carbons (Fsp3) is 0.409. The van der Waals surface area contributed by atoms with Gasteiger partial charge in [-0.15, -0.1) is 0 Å². The average Bonchev–Trinajstić information content (AvgIpc) is 3.26. The van der Waals surface area contributed by atoms with Gasteiger partial charge in [-0.05, 0) is 25.0 Å². The minimum absolute atomic E-state index is 0.163. The summed E-state index contributed by atoms with van der Waals surface area (Å²) >= 11 is 0. The zero-order valence-corrected chi connectivity index (χ0v) is 18.2. The van der Waals surface area contributed by atoms with Crippen LogP contribution in [0.5, 0.6) is 0 Å². The number of nitriles is 1. The van der Waals surface area contributed by atoms with Crippen LogP contribution in [0.1, 0.15) is 41.7 Å². The van der Waals surface area contributed by atoms with Crippen molar-refractivity contribution in [2.75, 3.05) is 31.1 Å². The van der Waals surface area contributed by atoms with Crippen LogP contribution < -0.4 is 10.6 Å². The van der Waals surface area contributed by atoms with Crippen molar-refractivity contribution in [3.63, 3.8) is 0 Å². The standard InChI is InChI=1S/C22H25N9O2/c23-12-16-13-25-22(26-14-16)30-10-8-29(9-11-30)19(32)4-2-1-3-7-31-15-27-18-6-5-17(20(24)33)28-21(18)31/h5-6,13-15H,1-4,7-11H2,(H2,24,33). The molecule has 0 aliphatic carbocycles. The zero-order valence-electron chi connectivity index (χ0n) is 18.2. The summed E-state index contributed by atoms with van der Waals surface area (Å²) in [5, 5.41) is 8.85. The maximum atomic E-state index is 12.6. The number of fused-ring (bicyclic) bond motifs is 1. The number of anilines is 1. The molecule has 170 valence electrons. The third kappa shape index (κ3) is 5.23. The Kier molecular flexibility index (Phi) is 6.73. The van der Waals surface area contributed by atoms with Gasteiger partial charge in [0.1, 0.15) is 17.3 Å². The topological polar surface area (TPSA) is 147 Å². The average molecular weight is 448 g/mol. The van der Waals surface area contributed by atoms with Gasteiger partial charge in [0, 0.05) is 39.1 Å². The number of hydrogen-bond acceptors (Lipinski definition) is 8. The first-order valence-electron chi connectivity index (χ1n) is 10.9. The van der Waals surface area contributed by atoms with Crippen LogP contribution in [0.4, 0.5) is 5.95 Å². The Morgan fingerprint density at radius 1 is 1.03 bits per heavy atom. The number of nitrogens with zero attached hydrogens (tertiary/aromatic N) is 8. The van der Waals surface area contributed by atoms with Crippen molar-refractivity contribution in [1.82, 2.24) is 29.4 Å². The molecular formula is C22H25N9O2. The number of primary amides is 1. The van der Waals surface area contributed by atoms with E-state index in [1.54, 1.807) is 18.5 Å². The molecule has 1 aliphatic heterocycles. The van der Waals surface area contributed by atoms with Crippen molar-refractivity contribution in [2.45, 2.75) is 32.2 Å². The number of unbranched alkanes of at least 4 members (excludes halogenated alkanes) is 2. The molecule has 3 aromatic rings. The highest BCUT2D eigenvalue weighted by molar-refractivity contribution is 5.92. The third-order valence-electron chi connectivity index (χ3n) is 5.69. The molecule has 3 aromatic heterocycles. The van der Waals surface area contributed by atoms with Gasteiger partial charge in [-0.2, -0.15) is 5.26 Å². The van der Waals surface area contributed by atoms with Crippen LogP contribution in [0.2, 0.25) is 0 Å². The normalized spacial score (nSPS) is 13.8. The lowest BCUT2D eigenvalue weighted by Gasteiger charge is -2.34. The molecule has 0 aromatic carbocycles. The van der Waals surface area contributed by atoms with Crippen LogP contribution in [-0.4, -0.2) is 67.4 Å². The summed E-state index contributed by atoms with van der Waals surface area (Å²) in [5.74, 6) is 0.190. The number of imidazole rings is 1. The van der Waals surface area contributed by atoms with Crippen LogP contribution in [0.25, 0.3) is 11.2 Å². The number of carbonyl (C=O) groups is 2. The summed E-state index contributed by atoms with van der Waals surface area (Å²) in [6, 6.07) is 5.32. The molecule has 0 spiro atoms. The Hall–Kier alpha value is -4.07. The SMILES string of the molecule is N#Cc1cnc(N2CCN(C(=O)CCCCCn3cnc4ccc(C(N)=O)nc43)CC2)nc1. The first-order chi connectivity index (χ1) is 16.0. The number of aryl methyl sites for hydroxylation is 1. The van der Waals surface area contributed by atoms with Gasteiger partial charge in [-0.25, -0.2) is 19.9 Å². The van der Waals surface area contributed by atoms with E-state index < -0.39 is 5.91 Å². The summed E-state index contributed by atoms with van der Waals surface area (Å²) in [7, 11) is 0. The van der Waals surface area contributed by atoms with E-state index in [1.165, 1.54) is 12.4 Å². The van der Waals surface area contributed by atoms with Crippen LogP contribution in [0.3, 0.4) is 0 Å². The smallest absolute Gasteiger partial charge is 0.267 e. The Bertz CT molecular complexity index is 1170. The lowest BCUT2D eigenvalue weighted by atomic mass is 10.1. The molecule has 2 amide bonds. The number of carbonyl (C=O) groups excluding carboxylic acids is 2. The predicted molar refractivity (Wildman–Crippen MR) is 120 cm³/mol. The molecule has 1 aliphatic rings. The Balaban J connectivity index is 1.18. The highest BCUT2D eigenvalue weighted by atomic mass is 16.2. The van der Waals surface area contributed by atoms with E-state index in [0.717, 1.165) is 24.8 Å². The van der Waals surface area contributed by atoms with E-state index in [-0.39, 0.29) is 11.6 Å². The molecule has 11 nitrogen and oxygen atoms in total. The minimum atomic E-state index is -0.562. The number of aromatic nitrogens is 5. The first kappa shape index (κ1) is 22.1. The highest BCUT2D eigenvalue weighted by Crippen LogP contribution is 2.15. The zero-order chi connectivity index (χ0) is 23.2. The lowest BCUT2D eigenvalue weighted by molar-refractivity contribution is -0.131. The maximum absolute atomic E-state index is 12.6. The van der Waals surface area contributed by atoms with Crippen molar-refractivity contribution in [3.8, 4) is 6.07 Å². The van der Waals surface area contributed by atoms with E-state index in [4.69, 9.17) is 11.0 Å². The Morgan fingerprint density at radius 2 is 1.79 bits per heavy atom. The van der Waals surface area contributed by atoms with Crippen LogP contribution in [0.15, 0.2) is 30.9 Å². The highest BCUT2D eigenvalue weighted by Gasteiger charge is 2.22. The molecule has 1 fully saturated rings. The number of nitrogens with two attached hydrogens (primary N) is 1. The van der Waals surface area contributed by atoms with Gasteiger partial charge in [0.15, 0.2) is 5.65 Å². The van der Waals surface area contributed by atoms with Gasteiger partial charge in [-0.1, -0.05) is 6.42 Å². The molecule has 0 saturated carbocycles. The van der Waals surface area contributed by atoms with Gasteiger partial charge in [0.2, 0.25) is 11.9 Å². The largest absolute Gasteiger partial charge is 0.364 e. The molecule has 11 heteroatoms. The van der Waals surface area contributed by atoms with Crippen molar-refractivity contribution in [3.05, 3.63) is 42.1 Å². The molecule has 1 saturated heterocycles. The van der Waals surface area contributed by atoms with Gasteiger partial charge in [0.25, 0.3) is 5.91 Å². The van der Waals surface area contributed by atoms with Crippen LogP contribution >= 0.6 is 0 Å². The van der Waals surface area contributed by atoms with Crippen molar-refractivity contribution >= 4 is 28.9 Å². The fourth-order valence-corrected chi connectivity index (χ4v) is 3.83. The Labute approximate surface area is 190 Å². The van der Waals surface area contributed by atoms with E-state index in [1.807, 2.05) is 20.4 Å². The number of pyridine rings is 1. The number of amides is 2. The molecule has 4 rings (SSSR count). The molecule has 0 unspecified atom stereocenters. The quantitative estimate of drug-likeness (QED) is 0.505. The second-order valence-corrected chi connectivity index (χ2v) is 7.90. The number of rotatable bonds is 8. The summed E-state index contributed by atoms with van der Waals surface area (Å²) in [4.78, 5) is 44.9. The lowest BCUT2D eigenvalue weighted by Crippen LogP contribution is -2.49. The molecule has 33 heavy (non-hydrogen) atoms. The predicted octanol–water partition coefficient (Wildman–Crippen LogP) is 1.10. The molecule has 0 bridgehead atoms. The molecule has 2 N–H and O–H groups in total. The van der Waals surface area contributed by atoms with Crippen molar-refractivity contribution < 1.29 is 9.59 Å². The van der Waals surface area contributed by atoms with E-state index in [0.29, 0.717) is 56.3 Å². The summed E-state index contributed by atoms with van der Waals surface area (Å²) in [6.07, 6.45) is 7.85. The summed E-state index contributed by atoms with van der Waals surface area (Å²) in [6.45, 7) is 3.33. The second kappa shape index (κ2) is 10.0. The molecule has 0 atom stereocenters. The second-order valence-electron chi connectivity index (χ2n) is 7.90. The fourth-order valence-electron chi connectivity index (χ4n) is 3.83. The summed E-state index contributed by atoms with van der Waals surface area (Å²) in [5.41, 5.74) is 7.34. The van der Waals surface area contributed by atoms with E-state index >= 15 is 0 Å². The monoisotopic (exact) mass is 447 g/mol. The van der Waals surface area contributed by atoms with Gasteiger partial charge >= 0.3 is 0 Å². The number of hydrogen-bond donors (Lipinski definition) is 1. The van der Waals surface area contributed by atoms with E-state index in [2.05, 4.69) is 19.9 Å². The number of piperazine rings is 1. The third-order valence-corrected chi connectivity index (χ3v) is 5.69. The van der Waals surface area contributed by atoms with Gasteiger partial charge < -0.3 is 20.1 Å². The maximum Gasteiger partial charge on any atom is 0.267 e.